The molecule has 0 saturated heterocycles. The van der Waals surface area contributed by atoms with E-state index in [4.69, 9.17) is 13.1 Å². The fourth-order valence-corrected chi connectivity index (χ4v) is 3.62. The van der Waals surface area contributed by atoms with E-state index in [-0.39, 0.29) is 48.2 Å². The number of hydrogen-bond donors (Lipinski definition) is 0. The summed E-state index contributed by atoms with van der Waals surface area (Å²) in [6.07, 6.45) is 3.45. The summed E-state index contributed by atoms with van der Waals surface area (Å²) < 4.78 is 0. The molecule has 0 aliphatic rings. The molecule has 0 atom stereocenters. The van der Waals surface area contributed by atoms with Crippen LogP contribution in [0, 0.1) is 47.9 Å². The molecular weight excluding hydrogens is 661 g/mol. The molecule has 0 bridgehead atoms. The largest absolute Gasteiger partial charge is 0.305 e. The molecule has 7 heteroatoms. The van der Waals surface area contributed by atoms with Gasteiger partial charge in [-0.3, -0.25) is 4.98 Å². The van der Waals surface area contributed by atoms with Gasteiger partial charge in [-0.05, 0) is 40.1 Å². The normalized spacial score (nSPS) is 9.23. The van der Waals surface area contributed by atoms with Crippen molar-refractivity contribution in [1.82, 2.24) is 9.97 Å². The molecule has 0 amide bonds. The maximum atomic E-state index is 9.26. The van der Waals surface area contributed by atoms with Gasteiger partial charge in [0.2, 0.25) is 5.69 Å². The Morgan fingerprint density at radius 1 is 0.718 bits per heavy atom. The SMILES string of the molecule is [C-]#[N+]c1c(-c2ccc(-c3ccccc3)cn2)[c-]c(C#N)c(C#N)c1[N+]#[C-].[Ir].[c-]1ccccc1-c1ccccn1. The second kappa shape index (κ2) is 13.8. The Morgan fingerprint density at radius 3 is 2.03 bits per heavy atom. The van der Waals surface area contributed by atoms with Gasteiger partial charge in [0.15, 0.2) is 0 Å². The first-order chi connectivity index (χ1) is 18.7. The Kier molecular flexibility index (Phi) is 9.93. The Bertz CT molecular complexity index is 1690. The van der Waals surface area contributed by atoms with E-state index in [9.17, 15) is 10.5 Å². The standard InChI is InChI=1S/C21H8N5.C11H8N.Ir/c1-24-20-17(10-16(11-22)18(12-23)21(20)25-2)19-9-8-15(13-26-19)14-6-4-3-5-7-14;1-2-6-10(7-3-1)11-8-4-5-9-12-11;/h3-9,13H;1-6,8-9H;/q2*-1;. The third kappa shape index (κ3) is 6.47. The molecule has 2 aromatic heterocycles. The Hall–Kier alpha value is -5.43. The number of aromatic nitrogens is 2. The number of nitriles is 2. The summed E-state index contributed by atoms with van der Waals surface area (Å²) in [5.74, 6) is 0. The second-order valence-electron chi connectivity index (χ2n) is 7.68. The zero-order chi connectivity index (χ0) is 26.7. The number of pyridine rings is 2. The summed E-state index contributed by atoms with van der Waals surface area (Å²) >= 11 is 0. The summed E-state index contributed by atoms with van der Waals surface area (Å²) in [4.78, 5) is 15.3. The summed E-state index contributed by atoms with van der Waals surface area (Å²) in [7, 11) is 0. The molecule has 0 aliphatic heterocycles. The van der Waals surface area contributed by atoms with Gasteiger partial charge in [-0.15, -0.1) is 35.9 Å². The zero-order valence-electron chi connectivity index (χ0n) is 20.3. The molecule has 0 aliphatic carbocycles. The van der Waals surface area contributed by atoms with Gasteiger partial charge >= 0.3 is 0 Å². The van der Waals surface area contributed by atoms with Crippen LogP contribution in [0.4, 0.5) is 11.4 Å². The van der Waals surface area contributed by atoms with Crippen LogP contribution in [0.5, 0.6) is 0 Å². The van der Waals surface area contributed by atoms with Gasteiger partial charge in [0.05, 0.1) is 6.57 Å². The van der Waals surface area contributed by atoms with Gasteiger partial charge in [-0.2, -0.15) is 4.85 Å². The van der Waals surface area contributed by atoms with E-state index in [1.807, 2.05) is 91.0 Å². The minimum absolute atomic E-state index is 0. The quantitative estimate of drug-likeness (QED) is 0.184. The van der Waals surface area contributed by atoms with Crippen molar-refractivity contribution < 1.29 is 20.1 Å². The fraction of sp³-hybridized carbons (Fsp3) is 0. The summed E-state index contributed by atoms with van der Waals surface area (Å²) in [5, 5.41) is 18.5. The number of hydrogen-bond acceptors (Lipinski definition) is 4. The van der Waals surface area contributed by atoms with Crippen LogP contribution in [-0.2, 0) is 20.1 Å². The van der Waals surface area contributed by atoms with E-state index in [2.05, 4.69) is 31.8 Å². The molecular formula is C32H16IrN6-2. The van der Waals surface area contributed by atoms with Crippen molar-refractivity contribution in [3.05, 3.63) is 143 Å². The molecule has 3 aromatic carbocycles. The molecule has 2 heterocycles. The molecule has 5 aromatic rings. The van der Waals surface area contributed by atoms with Gasteiger partial charge in [0.25, 0.3) is 5.69 Å². The molecule has 0 fully saturated rings. The van der Waals surface area contributed by atoms with E-state index in [0.717, 1.165) is 22.4 Å². The van der Waals surface area contributed by atoms with Gasteiger partial charge in [-0.25, -0.2) is 15.4 Å². The molecule has 0 unspecified atom stereocenters. The van der Waals surface area contributed by atoms with E-state index in [1.165, 1.54) is 0 Å². The third-order valence-electron chi connectivity index (χ3n) is 5.42. The van der Waals surface area contributed by atoms with Crippen molar-refractivity contribution in [1.29, 1.82) is 10.5 Å². The Labute approximate surface area is 240 Å². The zero-order valence-corrected chi connectivity index (χ0v) is 22.6. The van der Waals surface area contributed by atoms with E-state index >= 15 is 0 Å². The van der Waals surface area contributed by atoms with E-state index < -0.39 is 0 Å². The van der Waals surface area contributed by atoms with Crippen molar-refractivity contribution in [2.45, 2.75) is 0 Å². The van der Waals surface area contributed by atoms with Crippen LogP contribution in [0.1, 0.15) is 11.1 Å². The minimum atomic E-state index is -0.137. The van der Waals surface area contributed by atoms with Gasteiger partial charge < -0.3 is 4.98 Å². The predicted octanol–water partition coefficient (Wildman–Crippen LogP) is 7.61. The number of rotatable bonds is 3. The molecule has 0 N–H and O–H groups in total. The van der Waals surface area contributed by atoms with Gasteiger partial charge in [-0.1, -0.05) is 60.7 Å². The average Bonchev–Trinajstić information content (AvgIpc) is 3.01. The molecule has 185 valence electrons. The monoisotopic (exact) mass is 677 g/mol. The van der Waals surface area contributed by atoms with Crippen molar-refractivity contribution in [2.75, 3.05) is 0 Å². The van der Waals surface area contributed by atoms with Crippen molar-refractivity contribution in [3.63, 3.8) is 0 Å². The van der Waals surface area contributed by atoms with Crippen LogP contribution in [0.15, 0.2) is 97.3 Å². The summed E-state index contributed by atoms with van der Waals surface area (Å²) in [5.41, 5.74) is 4.24. The van der Waals surface area contributed by atoms with Gasteiger partial charge in [0, 0.05) is 49.8 Å². The summed E-state index contributed by atoms with van der Waals surface area (Å²) in [6.45, 7) is 14.7. The number of benzene rings is 3. The summed E-state index contributed by atoms with van der Waals surface area (Å²) in [6, 6.07) is 36.5. The Morgan fingerprint density at radius 2 is 1.46 bits per heavy atom. The van der Waals surface area contributed by atoms with Crippen LogP contribution < -0.4 is 0 Å². The van der Waals surface area contributed by atoms with Crippen LogP contribution in [0.2, 0.25) is 0 Å². The van der Waals surface area contributed by atoms with E-state index in [0.29, 0.717) is 5.69 Å². The molecule has 39 heavy (non-hydrogen) atoms. The molecule has 5 rings (SSSR count). The van der Waals surface area contributed by atoms with E-state index in [1.54, 1.807) is 18.5 Å². The van der Waals surface area contributed by atoms with Crippen LogP contribution >= 0.6 is 0 Å². The van der Waals surface area contributed by atoms with Crippen molar-refractivity contribution in [3.8, 4) is 45.8 Å². The van der Waals surface area contributed by atoms with Crippen LogP contribution in [0.3, 0.4) is 0 Å². The predicted molar refractivity (Wildman–Crippen MR) is 144 cm³/mol. The topological polar surface area (TPSA) is 82.1 Å². The first-order valence-corrected chi connectivity index (χ1v) is 11.3. The first-order valence-electron chi connectivity index (χ1n) is 11.3. The van der Waals surface area contributed by atoms with Crippen LogP contribution in [0.25, 0.3) is 43.3 Å². The number of nitrogens with zero attached hydrogens (tertiary/aromatic N) is 6. The smallest absolute Gasteiger partial charge is 0.263 e. The second-order valence-corrected chi connectivity index (χ2v) is 7.68. The minimum Gasteiger partial charge on any atom is -0.305 e. The van der Waals surface area contributed by atoms with Crippen molar-refractivity contribution in [2.24, 2.45) is 0 Å². The third-order valence-corrected chi connectivity index (χ3v) is 5.42. The van der Waals surface area contributed by atoms with Crippen molar-refractivity contribution >= 4 is 11.4 Å². The molecule has 0 saturated carbocycles. The van der Waals surface area contributed by atoms with Crippen LogP contribution in [-0.4, -0.2) is 9.97 Å². The maximum Gasteiger partial charge on any atom is 0.263 e. The first kappa shape index (κ1) is 28.1. The average molecular weight is 677 g/mol. The molecule has 1 radical (unpaired) electrons. The Balaban J connectivity index is 0.000000270. The fourth-order valence-electron chi connectivity index (χ4n) is 3.62. The molecule has 0 spiro atoms. The van der Waals surface area contributed by atoms with Gasteiger partial charge in [0.1, 0.15) is 6.57 Å². The molecule has 6 nitrogen and oxygen atoms in total. The maximum absolute atomic E-state index is 9.26.